The molecule has 92 valence electrons. The molecule has 17 heavy (non-hydrogen) atoms. The molecule has 1 aliphatic rings. The lowest BCUT2D eigenvalue weighted by Crippen LogP contribution is -2.51. The topological polar surface area (TPSA) is 71.8 Å². The van der Waals surface area contributed by atoms with Gasteiger partial charge in [-0.15, -0.1) is 0 Å². The van der Waals surface area contributed by atoms with E-state index in [0.717, 1.165) is 0 Å². The zero-order valence-electron chi connectivity index (χ0n) is 9.51. The normalized spacial score (nSPS) is 15.1. The Morgan fingerprint density at radius 2 is 2.29 bits per heavy atom. The zero-order valence-corrected chi connectivity index (χ0v) is 9.51. The fourth-order valence-corrected chi connectivity index (χ4v) is 1.47. The molecule has 1 aromatic heterocycles. The maximum absolute atomic E-state index is 11.7. The van der Waals surface area contributed by atoms with Gasteiger partial charge >= 0.3 is 0 Å². The summed E-state index contributed by atoms with van der Waals surface area (Å²) in [5.41, 5.74) is 0. The van der Waals surface area contributed by atoms with Gasteiger partial charge in [0.15, 0.2) is 5.76 Å². The van der Waals surface area contributed by atoms with Crippen LogP contribution in [-0.4, -0.2) is 49.6 Å². The number of likely N-dealkylation sites (N-methyl/N-ethyl adjacent to an activating group) is 1. The molecule has 1 aliphatic heterocycles. The van der Waals surface area contributed by atoms with Crippen LogP contribution in [0.25, 0.3) is 0 Å². The number of amides is 2. The molecule has 1 fully saturated rings. The lowest BCUT2D eigenvalue weighted by molar-refractivity contribution is -0.125. The molecule has 0 aromatic carbocycles. The second-order valence-electron chi connectivity index (χ2n) is 3.94. The summed E-state index contributed by atoms with van der Waals surface area (Å²) in [6.07, 6.45) is 1.42. The Bertz CT molecular complexity index is 398. The summed E-state index contributed by atoms with van der Waals surface area (Å²) in [6, 6.07) is 3.28. The molecule has 6 nitrogen and oxygen atoms in total. The number of ether oxygens (including phenoxy) is 1. The summed E-state index contributed by atoms with van der Waals surface area (Å²) in [5.74, 6) is -0.275. The van der Waals surface area contributed by atoms with E-state index in [0.29, 0.717) is 13.2 Å². The minimum Gasteiger partial charge on any atom is -0.459 e. The van der Waals surface area contributed by atoms with E-state index in [4.69, 9.17) is 9.15 Å². The fourth-order valence-electron chi connectivity index (χ4n) is 1.47. The van der Waals surface area contributed by atoms with Crippen LogP contribution in [0.2, 0.25) is 0 Å². The van der Waals surface area contributed by atoms with E-state index in [1.807, 2.05) is 0 Å². The second-order valence-corrected chi connectivity index (χ2v) is 3.94. The number of hydrogen-bond donors (Lipinski definition) is 1. The predicted molar refractivity (Wildman–Crippen MR) is 58.4 cm³/mol. The average Bonchev–Trinajstić information content (AvgIpc) is 2.75. The molecule has 0 radical (unpaired) electrons. The molecule has 0 aliphatic carbocycles. The third-order valence-corrected chi connectivity index (χ3v) is 2.46. The van der Waals surface area contributed by atoms with E-state index in [2.05, 4.69) is 5.32 Å². The van der Waals surface area contributed by atoms with Crippen molar-refractivity contribution in [2.24, 2.45) is 0 Å². The van der Waals surface area contributed by atoms with Gasteiger partial charge in [-0.1, -0.05) is 0 Å². The van der Waals surface area contributed by atoms with Gasteiger partial charge in [0.05, 0.1) is 32.1 Å². The summed E-state index contributed by atoms with van der Waals surface area (Å²) >= 11 is 0. The summed E-state index contributed by atoms with van der Waals surface area (Å²) in [7, 11) is 1.56. The quantitative estimate of drug-likeness (QED) is 0.793. The van der Waals surface area contributed by atoms with Crippen molar-refractivity contribution in [3.8, 4) is 0 Å². The molecule has 6 heteroatoms. The molecule has 2 amide bonds. The maximum Gasteiger partial charge on any atom is 0.289 e. The van der Waals surface area contributed by atoms with Gasteiger partial charge in [-0.05, 0) is 12.1 Å². The van der Waals surface area contributed by atoms with Crippen LogP contribution in [0, 0.1) is 0 Å². The van der Waals surface area contributed by atoms with Gasteiger partial charge < -0.3 is 19.4 Å². The Hall–Kier alpha value is -1.82. The standard InChI is InChI=1S/C11H14N2O4/c1-13(11(15)9-3-2-4-17-9)5-10(14)12-8-6-16-7-8/h2-4,8H,5-7H2,1H3,(H,12,14). The van der Waals surface area contributed by atoms with E-state index >= 15 is 0 Å². The molecule has 0 saturated carbocycles. The third kappa shape index (κ3) is 2.85. The van der Waals surface area contributed by atoms with Crippen molar-refractivity contribution in [2.75, 3.05) is 26.8 Å². The molecule has 2 heterocycles. The van der Waals surface area contributed by atoms with Crippen molar-refractivity contribution in [1.29, 1.82) is 0 Å². The van der Waals surface area contributed by atoms with Gasteiger partial charge in [-0.2, -0.15) is 0 Å². The van der Waals surface area contributed by atoms with Crippen LogP contribution in [0.15, 0.2) is 22.8 Å². The lowest BCUT2D eigenvalue weighted by atomic mass is 10.2. The maximum atomic E-state index is 11.7. The van der Waals surface area contributed by atoms with Crippen LogP contribution < -0.4 is 5.32 Å². The number of hydrogen-bond acceptors (Lipinski definition) is 4. The second kappa shape index (κ2) is 5.01. The molecule has 2 rings (SSSR count). The van der Waals surface area contributed by atoms with E-state index < -0.39 is 0 Å². The molecule has 0 unspecified atom stereocenters. The molecular formula is C11H14N2O4. The Morgan fingerprint density at radius 1 is 1.53 bits per heavy atom. The molecule has 1 saturated heterocycles. The third-order valence-electron chi connectivity index (χ3n) is 2.46. The summed E-state index contributed by atoms with van der Waals surface area (Å²) in [6.45, 7) is 1.10. The van der Waals surface area contributed by atoms with Crippen LogP contribution in [0.3, 0.4) is 0 Å². The summed E-state index contributed by atoms with van der Waals surface area (Å²) in [4.78, 5) is 24.6. The van der Waals surface area contributed by atoms with Crippen LogP contribution in [0.1, 0.15) is 10.6 Å². The van der Waals surface area contributed by atoms with Crippen LogP contribution in [0.5, 0.6) is 0 Å². The summed E-state index contributed by atoms with van der Waals surface area (Å²) < 4.78 is 9.91. The highest BCUT2D eigenvalue weighted by Crippen LogP contribution is 2.04. The lowest BCUT2D eigenvalue weighted by Gasteiger charge is -2.27. The van der Waals surface area contributed by atoms with Gasteiger partial charge in [0.1, 0.15) is 0 Å². The minimum absolute atomic E-state index is 0.00995. The van der Waals surface area contributed by atoms with Gasteiger partial charge in [0.2, 0.25) is 5.91 Å². The summed E-state index contributed by atoms with van der Waals surface area (Å²) in [5, 5.41) is 2.76. The average molecular weight is 238 g/mol. The molecule has 0 atom stereocenters. The first-order valence-corrected chi connectivity index (χ1v) is 5.33. The Balaban J connectivity index is 1.81. The molecule has 0 bridgehead atoms. The van der Waals surface area contributed by atoms with Crippen molar-refractivity contribution in [2.45, 2.75) is 6.04 Å². The van der Waals surface area contributed by atoms with Crippen molar-refractivity contribution in [3.63, 3.8) is 0 Å². The molecule has 1 aromatic rings. The number of carbonyl (C=O) groups excluding carboxylic acids is 2. The van der Waals surface area contributed by atoms with E-state index in [9.17, 15) is 9.59 Å². The van der Waals surface area contributed by atoms with Crippen LogP contribution >= 0.6 is 0 Å². The van der Waals surface area contributed by atoms with Gasteiger partial charge in [-0.3, -0.25) is 9.59 Å². The van der Waals surface area contributed by atoms with Crippen molar-refractivity contribution >= 4 is 11.8 Å². The Kier molecular flexibility index (Phi) is 3.43. The predicted octanol–water partition coefficient (Wildman–Crippen LogP) is -0.133. The Labute approximate surface area is 98.5 Å². The van der Waals surface area contributed by atoms with E-state index in [1.165, 1.54) is 11.2 Å². The largest absolute Gasteiger partial charge is 0.459 e. The van der Waals surface area contributed by atoms with Crippen molar-refractivity contribution in [1.82, 2.24) is 10.2 Å². The van der Waals surface area contributed by atoms with Crippen molar-refractivity contribution in [3.05, 3.63) is 24.2 Å². The first-order chi connectivity index (χ1) is 8.16. The van der Waals surface area contributed by atoms with E-state index in [1.54, 1.807) is 19.2 Å². The first-order valence-electron chi connectivity index (χ1n) is 5.33. The van der Waals surface area contributed by atoms with Gasteiger partial charge in [0.25, 0.3) is 5.91 Å². The van der Waals surface area contributed by atoms with Crippen molar-refractivity contribution < 1.29 is 18.7 Å². The highest BCUT2D eigenvalue weighted by Gasteiger charge is 2.22. The highest BCUT2D eigenvalue weighted by atomic mass is 16.5. The first kappa shape index (κ1) is 11.7. The fraction of sp³-hybridized carbons (Fsp3) is 0.455. The Morgan fingerprint density at radius 3 is 2.82 bits per heavy atom. The zero-order chi connectivity index (χ0) is 12.3. The number of rotatable bonds is 4. The number of carbonyl (C=O) groups is 2. The van der Waals surface area contributed by atoms with Gasteiger partial charge in [-0.25, -0.2) is 0 Å². The van der Waals surface area contributed by atoms with Crippen LogP contribution in [0.4, 0.5) is 0 Å². The van der Waals surface area contributed by atoms with Crippen LogP contribution in [-0.2, 0) is 9.53 Å². The molecular weight excluding hydrogens is 224 g/mol. The SMILES string of the molecule is CN(CC(=O)NC1COC1)C(=O)c1ccco1. The van der Waals surface area contributed by atoms with E-state index in [-0.39, 0.29) is 30.2 Å². The highest BCUT2D eigenvalue weighted by molar-refractivity contribution is 5.94. The minimum atomic E-state index is -0.310. The van der Waals surface area contributed by atoms with Gasteiger partial charge in [0, 0.05) is 7.05 Å². The smallest absolute Gasteiger partial charge is 0.289 e. The number of nitrogens with one attached hydrogen (secondary N) is 1. The molecule has 0 spiro atoms. The number of furan rings is 1. The number of nitrogens with zero attached hydrogens (tertiary/aromatic N) is 1. The monoisotopic (exact) mass is 238 g/mol. The molecule has 1 N–H and O–H groups in total.